The van der Waals surface area contributed by atoms with E-state index in [-0.39, 0.29) is 0 Å². The van der Waals surface area contributed by atoms with Crippen molar-refractivity contribution in [1.82, 2.24) is 0 Å². The summed E-state index contributed by atoms with van der Waals surface area (Å²) in [7, 11) is 0. The van der Waals surface area contributed by atoms with Gasteiger partial charge in [-0.25, -0.2) is 0 Å². The lowest BCUT2D eigenvalue weighted by molar-refractivity contribution is -0.105. The zero-order chi connectivity index (χ0) is 19.5. The lowest BCUT2D eigenvalue weighted by atomic mass is 9.71. The molecule has 0 unspecified atom stereocenters. The maximum absolute atomic E-state index is 12.3. The van der Waals surface area contributed by atoms with Crippen LogP contribution < -0.4 is 0 Å². The molecule has 5 rings (SSSR count). The molecule has 0 aliphatic heterocycles. The van der Waals surface area contributed by atoms with E-state index in [0.29, 0.717) is 11.1 Å². The molecule has 2 heteroatoms. The highest BCUT2D eigenvalue weighted by molar-refractivity contribution is 5.95. The zero-order valence-corrected chi connectivity index (χ0v) is 16.0. The molecule has 4 aromatic rings. The molecule has 28 heavy (non-hydrogen) atoms. The average Bonchev–Trinajstić information content (AvgIpc) is 2.92. The fraction of sp³-hybridized carbons (Fsp3) is 0.154. The highest BCUT2D eigenvalue weighted by Crippen LogP contribution is 2.57. The van der Waals surface area contributed by atoms with Crippen LogP contribution in [0.2, 0.25) is 0 Å². The average molecular weight is 366 g/mol. The standard InChI is InChI=1S/C26H22O2/c1-17-9-13-20(14-10-17)25(27)22-7-3-5-19-6-4-8-23(24(19)22)26(25,28)21-15-11-18(2)12-16-21/h3-16,27-28H,1-2H3/t25-,26+. The van der Waals surface area contributed by atoms with Gasteiger partial charge >= 0.3 is 0 Å². The van der Waals surface area contributed by atoms with Crippen LogP contribution in [0.3, 0.4) is 0 Å². The summed E-state index contributed by atoms with van der Waals surface area (Å²) >= 11 is 0. The normalized spacial score (nSPS) is 23.3. The summed E-state index contributed by atoms with van der Waals surface area (Å²) in [6.45, 7) is 4.04. The smallest absolute Gasteiger partial charge is 0.152 e. The van der Waals surface area contributed by atoms with Crippen LogP contribution in [-0.2, 0) is 11.2 Å². The predicted octanol–water partition coefficient (Wildman–Crippen LogP) is 4.94. The van der Waals surface area contributed by atoms with Gasteiger partial charge in [0.15, 0.2) is 11.2 Å². The summed E-state index contributed by atoms with van der Waals surface area (Å²) in [5.74, 6) is 0. The number of aliphatic hydroxyl groups is 2. The van der Waals surface area contributed by atoms with Crippen molar-refractivity contribution in [3.05, 3.63) is 118 Å². The van der Waals surface area contributed by atoms with Crippen molar-refractivity contribution in [2.75, 3.05) is 0 Å². The third kappa shape index (κ3) is 2.05. The summed E-state index contributed by atoms with van der Waals surface area (Å²) < 4.78 is 0. The molecular weight excluding hydrogens is 344 g/mol. The van der Waals surface area contributed by atoms with Crippen LogP contribution >= 0.6 is 0 Å². The molecule has 1 aliphatic carbocycles. The van der Waals surface area contributed by atoms with Crippen molar-refractivity contribution in [1.29, 1.82) is 0 Å². The SMILES string of the molecule is Cc1ccc([C@@]2(O)c3cccc4cccc(c34)[C@@]2(O)c2ccc(C)cc2)cc1. The van der Waals surface area contributed by atoms with E-state index in [2.05, 4.69) is 0 Å². The minimum Gasteiger partial charge on any atom is -0.377 e. The summed E-state index contributed by atoms with van der Waals surface area (Å²) in [6, 6.07) is 27.4. The Bertz CT molecular complexity index is 1100. The number of rotatable bonds is 2. The first kappa shape index (κ1) is 17.2. The minimum absolute atomic E-state index is 0.685. The Kier molecular flexibility index (Phi) is 3.54. The number of hydrogen-bond donors (Lipinski definition) is 2. The molecule has 2 nitrogen and oxygen atoms in total. The van der Waals surface area contributed by atoms with Gasteiger partial charge in [-0.05, 0) is 46.9 Å². The first-order valence-corrected chi connectivity index (χ1v) is 9.58. The van der Waals surface area contributed by atoms with Crippen molar-refractivity contribution in [3.8, 4) is 0 Å². The summed E-state index contributed by atoms with van der Waals surface area (Å²) in [4.78, 5) is 0. The van der Waals surface area contributed by atoms with Gasteiger partial charge < -0.3 is 10.2 Å². The molecule has 4 aromatic carbocycles. The van der Waals surface area contributed by atoms with Crippen molar-refractivity contribution in [3.63, 3.8) is 0 Å². The van der Waals surface area contributed by atoms with Crippen molar-refractivity contribution in [2.45, 2.75) is 25.0 Å². The molecule has 2 N–H and O–H groups in total. The molecule has 2 atom stereocenters. The Hall–Kier alpha value is -2.94. The second-order valence-electron chi connectivity index (χ2n) is 7.86. The first-order valence-electron chi connectivity index (χ1n) is 9.58. The first-order chi connectivity index (χ1) is 13.5. The summed E-state index contributed by atoms with van der Waals surface area (Å²) in [5, 5.41) is 26.5. The number of benzene rings is 4. The highest BCUT2D eigenvalue weighted by atomic mass is 16.4. The largest absolute Gasteiger partial charge is 0.377 e. The monoisotopic (exact) mass is 366 g/mol. The van der Waals surface area contributed by atoms with E-state index in [9.17, 15) is 10.2 Å². The third-order valence-corrected chi connectivity index (χ3v) is 6.15. The van der Waals surface area contributed by atoms with Crippen LogP contribution in [0.25, 0.3) is 10.8 Å². The van der Waals surface area contributed by atoms with Crippen LogP contribution in [0.4, 0.5) is 0 Å². The fourth-order valence-electron chi connectivity index (χ4n) is 4.65. The van der Waals surface area contributed by atoms with Crippen LogP contribution in [0.5, 0.6) is 0 Å². The highest BCUT2D eigenvalue weighted by Gasteiger charge is 2.59. The lowest BCUT2D eigenvalue weighted by Gasteiger charge is -2.40. The molecular formula is C26H22O2. The van der Waals surface area contributed by atoms with Gasteiger partial charge in [-0.3, -0.25) is 0 Å². The molecule has 1 aliphatic rings. The van der Waals surface area contributed by atoms with E-state index in [1.54, 1.807) is 0 Å². The van der Waals surface area contributed by atoms with Gasteiger partial charge in [0.2, 0.25) is 0 Å². The van der Waals surface area contributed by atoms with Gasteiger partial charge in [0.1, 0.15) is 0 Å². The molecule has 0 heterocycles. The van der Waals surface area contributed by atoms with Crippen LogP contribution in [-0.4, -0.2) is 10.2 Å². The van der Waals surface area contributed by atoms with Crippen LogP contribution in [0.15, 0.2) is 84.9 Å². The van der Waals surface area contributed by atoms with Gasteiger partial charge in [-0.15, -0.1) is 0 Å². The molecule has 0 amide bonds. The lowest BCUT2D eigenvalue weighted by Crippen LogP contribution is -2.47. The van der Waals surface area contributed by atoms with Gasteiger partial charge in [-0.1, -0.05) is 96.1 Å². The van der Waals surface area contributed by atoms with E-state index in [1.807, 2.05) is 98.8 Å². The predicted molar refractivity (Wildman–Crippen MR) is 112 cm³/mol. The second-order valence-corrected chi connectivity index (χ2v) is 7.86. The molecule has 0 saturated heterocycles. The van der Waals surface area contributed by atoms with Gasteiger partial charge in [0.25, 0.3) is 0 Å². The minimum atomic E-state index is -1.58. The van der Waals surface area contributed by atoms with E-state index >= 15 is 0 Å². The topological polar surface area (TPSA) is 40.5 Å². The molecule has 0 saturated carbocycles. The maximum atomic E-state index is 12.3. The van der Waals surface area contributed by atoms with Gasteiger partial charge in [0, 0.05) is 0 Å². The quantitative estimate of drug-likeness (QED) is 0.527. The fourth-order valence-corrected chi connectivity index (χ4v) is 4.65. The Morgan fingerprint density at radius 1 is 0.536 bits per heavy atom. The van der Waals surface area contributed by atoms with Crippen molar-refractivity contribution >= 4 is 10.8 Å². The summed E-state index contributed by atoms with van der Waals surface area (Å²) in [6.07, 6.45) is 0. The molecule has 0 radical (unpaired) electrons. The summed E-state index contributed by atoms with van der Waals surface area (Å²) in [5.41, 5.74) is 1.91. The molecule has 0 aromatic heterocycles. The molecule has 0 fully saturated rings. The van der Waals surface area contributed by atoms with Crippen LogP contribution in [0.1, 0.15) is 33.4 Å². The van der Waals surface area contributed by atoms with Gasteiger partial charge in [0.05, 0.1) is 0 Å². The Balaban J connectivity index is 1.91. The third-order valence-electron chi connectivity index (χ3n) is 6.15. The Morgan fingerprint density at radius 3 is 1.32 bits per heavy atom. The zero-order valence-electron chi connectivity index (χ0n) is 16.0. The van der Waals surface area contributed by atoms with E-state index < -0.39 is 11.2 Å². The maximum Gasteiger partial charge on any atom is 0.152 e. The van der Waals surface area contributed by atoms with Crippen LogP contribution in [0, 0.1) is 13.8 Å². The second kappa shape index (κ2) is 5.78. The molecule has 0 spiro atoms. The van der Waals surface area contributed by atoms with Gasteiger partial charge in [-0.2, -0.15) is 0 Å². The van der Waals surface area contributed by atoms with E-state index in [1.165, 1.54) is 0 Å². The number of hydrogen-bond acceptors (Lipinski definition) is 2. The Morgan fingerprint density at radius 2 is 0.929 bits per heavy atom. The molecule has 0 bridgehead atoms. The molecule has 138 valence electrons. The number of aryl methyl sites for hydroxylation is 2. The Labute approximate surface area is 164 Å². The van der Waals surface area contributed by atoms with E-state index in [4.69, 9.17) is 0 Å². The van der Waals surface area contributed by atoms with Crippen molar-refractivity contribution in [2.24, 2.45) is 0 Å². The van der Waals surface area contributed by atoms with E-state index in [0.717, 1.165) is 33.0 Å². The van der Waals surface area contributed by atoms with Crippen molar-refractivity contribution < 1.29 is 10.2 Å².